The Hall–Kier alpha value is -2.15. The number of nitrogens with one attached hydrogen (secondary N) is 3. The van der Waals surface area contributed by atoms with Crippen LogP contribution in [0.2, 0.25) is 0 Å². The quantitative estimate of drug-likeness (QED) is 0.647. The molecule has 1 atom stereocenters. The van der Waals surface area contributed by atoms with Gasteiger partial charge in [0.15, 0.2) is 0 Å². The lowest BCUT2D eigenvalue weighted by molar-refractivity contribution is -0.124. The van der Waals surface area contributed by atoms with Crippen LogP contribution >= 0.6 is 0 Å². The van der Waals surface area contributed by atoms with Gasteiger partial charge in [-0.15, -0.1) is 0 Å². The lowest BCUT2D eigenvalue weighted by atomic mass is 10.2. The third kappa shape index (κ3) is 2.95. The van der Waals surface area contributed by atoms with Crippen molar-refractivity contribution >= 4 is 17.5 Å². The molecule has 7 nitrogen and oxygen atoms in total. The maximum absolute atomic E-state index is 11.9. The molecule has 1 aromatic rings. The van der Waals surface area contributed by atoms with E-state index in [1.807, 2.05) is 0 Å². The molecule has 0 spiro atoms. The van der Waals surface area contributed by atoms with Gasteiger partial charge in [0.25, 0.3) is 0 Å². The number of piperazine rings is 1. The highest BCUT2D eigenvalue weighted by Gasteiger charge is 2.23. The van der Waals surface area contributed by atoms with E-state index in [-0.39, 0.29) is 24.9 Å². The molecule has 1 saturated heterocycles. The number of carbonyl (C=O) groups is 2. The first-order valence-corrected chi connectivity index (χ1v) is 5.50. The number of hydrogen-bond donors (Lipinski definition) is 3. The first kappa shape index (κ1) is 12.3. The minimum absolute atomic E-state index is 0.107. The Morgan fingerprint density at radius 2 is 2.44 bits per heavy atom. The van der Waals surface area contributed by atoms with E-state index in [0.29, 0.717) is 11.6 Å². The van der Waals surface area contributed by atoms with Crippen LogP contribution in [0.5, 0.6) is 5.88 Å². The first-order chi connectivity index (χ1) is 8.69. The molecule has 1 aliphatic rings. The minimum atomic E-state index is -0.429. The molecule has 0 aliphatic carbocycles. The fourth-order valence-corrected chi connectivity index (χ4v) is 1.58. The largest absolute Gasteiger partial charge is 0.481 e. The van der Waals surface area contributed by atoms with Crippen LogP contribution in [-0.4, -0.2) is 43.0 Å². The Morgan fingerprint density at radius 1 is 1.61 bits per heavy atom. The van der Waals surface area contributed by atoms with E-state index < -0.39 is 6.04 Å². The van der Waals surface area contributed by atoms with Crippen LogP contribution in [0.1, 0.15) is 0 Å². The second-order valence-electron chi connectivity index (χ2n) is 3.81. The molecule has 96 valence electrons. The average molecular weight is 250 g/mol. The SMILES string of the molecule is COc1cc(NC(=O)C2CNC(=O)CN2)ccn1. The Morgan fingerprint density at radius 3 is 3.11 bits per heavy atom. The molecule has 0 aromatic carbocycles. The first-order valence-electron chi connectivity index (χ1n) is 5.50. The van der Waals surface area contributed by atoms with Gasteiger partial charge in [-0.25, -0.2) is 4.98 Å². The van der Waals surface area contributed by atoms with Gasteiger partial charge in [0, 0.05) is 24.5 Å². The van der Waals surface area contributed by atoms with Gasteiger partial charge < -0.3 is 15.4 Å². The highest BCUT2D eigenvalue weighted by Crippen LogP contribution is 2.13. The molecule has 2 amide bonds. The van der Waals surface area contributed by atoms with Crippen molar-refractivity contribution in [3.63, 3.8) is 0 Å². The standard InChI is InChI=1S/C11H14N4O3/c1-18-10-4-7(2-3-12-10)15-11(17)8-5-14-9(16)6-13-8/h2-4,8,13H,5-6H2,1H3,(H,14,16)(H,12,15,17). The van der Waals surface area contributed by atoms with Crippen LogP contribution < -0.4 is 20.7 Å². The second-order valence-corrected chi connectivity index (χ2v) is 3.81. The maximum atomic E-state index is 11.9. The molecule has 1 aromatic heterocycles. The lowest BCUT2D eigenvalue weighted by Crippen LogP contribution is -2.56. The average Bonchev–Trinajstić information content (AvgIpc) is 2.39. The molecule has 2 heterocycles. The topological polar surface area (TPSA) is 92.4 Å². The number of ether oxygens (including phenoxy) is 1. The van der Waals surface area contributed by atoms with Gasteiger partial charge in [0.2, 0.25) is 17.7 Å². The Balaban J connectivity index is 1.96. The second kappa shape index (κ2) is 5.46. The Bertz CT molecular complexity index is 453. The molecule has 18 heavy (non-hydrogen) atoms. The highest BCUT2D eigenvalue weighted by molar-refractivity contribution is 5.96. The van der Waals surface area contributed by atoms with E-state index in [1.54, 1.807) is 18.3 Å². The fraction of sp³-hybridized carbons (Fsp3) is 0.364. The van der Waals surface area contributed by atoms with Crippen molar-refractivity contribution in [2.45, 2.75) is 6.04 Å². The number of nitrogens with zero attached hydrogens (tertiary/aromatic N) is 1. The van der Waals surface area contributed by atoms with Gasteiger partial charge in [0.1, 0.15) is 6.04 Å². The normalized spacial score (nSPS) is 18.9. The van der Waals surface area contributed by atoms with Crippen LogP contribution in [0.3, 0.4) is 0 Å². The number of carbonyl (C=O) groups excluding carboxylic acids is 2. The summed E-state index contributed by atoms with van der Waals surface area (Å²) in [6, 6.07) is 2.86. The third-order valence-corrected chi connectivity index (χ3v) is 2.54. The third-order valence-electron chi connectivity index (χ3n) is 2.54. The molecule has 0 bridgehead atoms. The zero-order valence-electron chi connectivity index (χ0n) is 9.90. The summed E-state index contributed by atoms with van der Waals surface area (Å²) in [6.07, 6.45) is 1.55. The van der Waals surface area contributed by atoms with Gasteiger partial charge >= 0.3 is 0 Å². The molecule has 0 radical (unpaired) electrons. The van der Waals surface area contributed by atoms with Crippen LogP contribution in [0, 0.1) is 0 Å². The zero-order valence-corrected chi connectivity index (χ0v) is 9.90. The molecular formula is C11H14N4O3. The van der Waals surface area contributed by atoms with Gasteiger partial charge in [-0.2, -0.15) is 0 Å². The smallest absolute Gasteiger partial charge is 0.243 e. The van der Waals surface area contributed by atoms with Crippen LogP contribution in [-0.2, 0) is 9.59 Å². The molecule has 2 rings (SSSR count). The van der Waals surface area contributed by atoms with Crippen molar-refractivity contribution in [2.75, 3.05) is 25.5 Å². The van der Waals surface area contributed by atoms with E-state index >= 15 is 0 Å². The molecule has 3 N–H and O–H groups in total. The molecular weight excluding hydrogens is 236 g/mol. The highest BCUT2D eigenvalue weighted by atomic mass is 16.5. The predicted octanol–water partition coefficient (Wildman–Crippen LogP) is -0.883. The van der Waals surface area contributed by atoms with Crippen molar-refractivity contribution in [1.29, 1.82) is 0 Å². The summed E-state index contributed by atoms with van der Waals surface area (Å²) in [4.78, 5) is 26.8. The van der Waals surface area contributed by atoms with Crippen LogP contribution in [0.15, 0.2) is 18.3 Å². The number of pyridine rings is 1. The monoisotopic (exact) mass is 250 g/mol. The lowest BCUT2D eigenvalue weighted by Gasteiger charge is -2.23. The molecule has 0 saturated carbocycles. The van der Waals surface area contributed by atoms with Gasteiger partial charge in [-0.3, -0.25) is 14.9 Å². The summed E-state index contributed by atoms with van der Waals surface area (Å²) in [6.45, 7) is 0.435. The number of aromatic nitrogens is 1. The Labute approximate surface area is 104 Å². The van der Waals surface area contributed by atoms with E-state index in [9.17, 15) is 9.59 Å². The van der Waals surface area contributed by atoms with Crippen molar-refractivity contribution in [3.8, 4) is 5.88 Å². The Kier molecular flexibility index (Phi) is 3.73. The van der Waals surface area contributed by atoms with E-state index in [0.717, 1.165) is 0 Å². The van der Waals surface area contributed by atoms with E-state index in [4.69, 9.17) is 4.74 Å². The summed E-state index contributed by atoms with van der Waals surface area (Å²) in [7, 11) is 1.51. The summed E-state index contributed by atoms with van der Waals surface area (Å²) in [5.41, 5.74) is 0.602. The van der Waals surface area contributed by atoms with Gasteiger partial charge in [-0.05, 0) is 6.07 Å². The van der Waals surface area contributed by atoms with E-state index in [2.05, 4.69) is 20.9 Å². The molecule has 1 fully saturated rings. The van der Waals surface area contributed by atoms with Gasteiger partial charge in [-0.1, -0.05) is 0 Å². The number of methoxy groups -OCH3 is 1. The predicted molar refractivity (Wildman–Crippen MR) is 64.2 cm³/mol. The maximum Gasteiger partial charge on any atom is 0.243 e. The zero-order chi connectivity index (χ0) is 13.0. The summed E-state index contributed by atoms with van der Waals surface area (Å²) < 4.78 is 4.96. The van der Waals surface area contributed by atoms with Crippen molar-refractivity contribution in [3.05, 3.63) is 18.3 Å². The van der Waals surface area contributed by atoms with Crippen molar-refractivity contribution in [2.24, 2.45) is 0 Å². The van der Waals surface area contributed by atoms with Crippen LogP contribution in [0.25, 0.3) is 0 Å². The van der Waals surface area contributed by atoms with E-state index in [1.165, 1.54) is 7.11 Å². The fourth-order valence-electron chi connectivity index (χ4n) is 1.58. The molecule has 7 heteroatoms. The van der Waals surface area contributed by atoms with Crippen LogP contribution in [0.4, 0.5) is 5.69 Å². The summed E-state index contributed by atoms with van der Waals surface area (Å²) >= 11 is 0. The summed E-state index contributed by atoms with van der Waals surface area (Å²) in [5, 5.41) is 8.20. The number of amides is 2. The number of rotatable bonds is 3. The molecule has 1 unspecified atom stereocenters. The van der Waals surface area contributed by atoms with Crippen molar-refractivity contribution in [1.82, 2.24) is 15.6 Å². The molecule has 1 aliphatic heterocycles. The summed E-state index contributed by atoms with van der Waals surface area (Å²) in [5.74, 6) is 0.116. The van der Waals surface area contributed by atoms with Crippen molar-refractivity contribution < 1.29 is 14.3 Å². The minimum Gasteiger partial charge on any atom is -0.481 e. The van der Waals surface area contributed by atoms with Gasteiger partial charge in [0.05, 0.1) is 13.7 Å². The number of hydrogen-bond acceptors (Lipinski definition) is 5. The number of anilines is 1.